The van der Waals surface area contributed by atoms with Crippen LogP contribution in [0.1, 0.15) is 49.6 Å². The lowest BCUT2D eigenvalue weighted by molar-refractivity contribution is 0.184. The molecule has 1 N–H and O–H groups in total. The molecule has 0 aliphatic heterocycles. The predicted molar refractivity (Wildman–Crippen MR) is 121 cm³/mol. The molecule has 0 bridgehead atoms. The van der Waals surface area contributed by atoms with Gasteiger partial charge in [-0.1, -0.05) is 39.3 Å². The summed E-state index contributed by atoms with van der Waals surface area (Å²) in [4.78, 5) is 18.9. The number of benzene rings is 1. The lowest BCUT2D eigenvalue weighted by Gasteiger charge is -2.36. The summed E-state index contributed by atoms with van der Waals surface area (Å²) in [5.41, 5.74) is 2.54. The Balaban J connectivity index is 1.68. The van der Waals surface area contributed by atoms with E-state index < -0.39 is 0 Å². The van der Waals surface area contributed by atoms with Crippen molar-refractivity contribution in [3.05, 3.63) is 61.2 Å². The van der Waals surface area contributed by atoms with Crippen LogP contribution in [0.2, 0.25) is 0 Å². The fraction of sp³-hybridized carbons (Fsp3) is 0.478. The highest BCUT2D eigenvalue weighted by molar-refractivity contribution is 7.71. The van der Waals surface area contributed by atoms with Gasteiger partial charge in [0.15, 0.2) is 4.77 Å². The average molecular weight is 431 g/mol. The van der Waals surface area contributed by atoms with Gasteiger partial charge < -0.3 is 4.98 Å². The highest BCUT2D eigenvalue weighted by atomic mass is 32.1. The first-order chi connectivity index (χ1) is 13.8. The highest BCUT2D eigenvalue weighted by Gasteiger charge is 2.33. The molecule has 0 saturated heterocycles. The van der Waals surface area contributed by atoms with Crippen LogP contribution in [0.15, 0.2) is 29.1 Å². The van der Waals surface area contributed by atoms with Crippen molar-refractivity contribution in [1.82, 2.24) is 9.55 Å². The summed E-state index contributed by atoms with van der Waals surface area (Å²) >= 11 is 7.21. The van der Waals surface area contributed by atoms with Crippen molar-refractivity contribution >= 4 is 33.8 Å². The molecule has 2 aromatic heterocycles. The van der Waals surface area contributed by atoms with Gasteiger partial charge in [-0.05, 0) is 72.5 Å². The Labute approximate surface area is 179 Å². The summed E-state index contributed by atoms with van der Waals surface area (Å²) < 4.78 is 15.3. The van der Waals surface area contributed by atoms with Gasteiger partial charge in [0.2, 0.25) is 0 Å². The molecule has 2 heterocycles. The number of aromatic amines is 1. The first kappa shape index (κ1) is 20.5. The zero-order chi connectivity index (χ0) is 20.8. The van der Waals surface area contributed by atoms with Crippen LogP contribution in [0.5, 0.6) is 0 Å². The summed E-state index contributed by atoms with van der Waals surface area (Å²) in [6.45, 7) is 7.46. The SMILES string of the molecule is CCC(C)(C)C1CCc2c(sc3[nH]c(=S)n(CCc4ccc(F)cc4)c(=O)c23)C1. The molecule has 154 valence electrons. The maximum Gasteiger partial charge on any atom is 0.263 e. The van der Waals surface area contributed by atoms with Crippen LogP contribution in [0.25, 0.3) is 10.2 Å². The van der Waals surface area contributed by atoms with Gasteiger partial charge in [-0.3, -0.25) is 9.36 Å². The number of fused-ring (bicyclic) bond motifs is 3. The van der Waals surface area contributed by atoms with Crippen molar-refractivity contribution < 1.29 is 4.39 Å². The molecule has 0 radical (unpaired) electrons. The molecule has 0 amide bonds. The second kappa shape index (κ2) is 7.80. The van der Waals surface area contributed by atoms with Crippen molar-refractivity contribution in [2.24, 2.45) is 11.3 Å². The summed E-state index contributed by atoms with van der Waals surface area (Å²) in [5.74, 6) is 0.399. The van der Waals surface area contributed by atoms with Gasteiger partial charge in [0.1, 0.15) is 10.6 Å². The number of H-pyrrole nitrogens is 1. The summed E-state index contributed by atoms with van der Waals surface area (Å²) in [6.07, 6.45) is 4.94. The minimum absolute atomic E-state index is 0.0107. The van der Waals surface area contributed by atoms with E-state index in [4.69, 9.17) is 12.2 Å². The zero-order valence-corrected chi connectivity index (χ0v) is 18.8. The number of hydrogen-bond acceptors (Lipinski definition) is 3. The normalized spacial score (nSPS) is 16.9. The van der Waals surface area contributed by atoms with Gasteiger partial charge in [-0.25, -0.2) is 4.39 Å². The monoisotopic (exact) mass is 430 g/mol. The Morgan fingerprint density at radius 1 is 1.31 bits per heavy atom. The fourth-order valence-corrected chi connectivity index (χ4v) is 6.00. The Hall–Kier alpha value is -1.79. The summed E-state index contributed by atoms with van der Waals surface area (Å²) in [6, 6.07) is 6.42. The highest BCUT2D eigenvalue weighted by Crippen LogP contribution is 2.43. The molecule has 0 saturated carbocycles. The summed E-state index contributed by atoms with van der Waals surface area (Å²) in [5, 5.41) is 0.825. The standard InChI is InChI=1S/C23H27FN2OS2/c1-4-23(2,3)15-7-10-17-18(13-15)29-20-19(17)21(27)26(22(28)25-20)12-11-14-5-8-16(24)9-6-14/h5-6,8-9,15H,4,7,10-13H2,1-3H3,(H,25,28). The van der Waals surface area contributed by atoms with E-state index in [1.165, 1.54) is 22.6 Å². The number of thiophene rings is 1. The zero-order valence-electron chi connectivity index (χ0n) is 17.2. The van der Waals surface area contributed by atoms with Crippen LogP contribution in [-0.2, 0) is 25.8 Å². The third kappa shape index (κ3) is 3.84. The van der Waals surface area contributed by atoms with E-state index in [-0.39, 0.29) is 11.4 Å². The topological polar surface area (TPSA) is 37.8 Å². The first-order valence-electron chi connectivity index (χ1n) is 10.3. The van der Waals surface area contributed by atoms with Crippen molar-refractivity contribution in [3.8, 4) is 0 Å². The van der Waals surface area contributed by atoms with Crippen LogP contribution in [0, 0.1) is 21.9 Å². The quantitative estimate of drug-likeness (QED) is 0.501. The lowest BCUT2D eigenvalue weighted by Crippen LogP contribution is -2.29. The second-order valence-corrected chi connectivity index (χ2v) is 10.2. The fourth-order valence-electron chi connectivity index (χ4n) is 4.34. The average Bonchev–Trinajstić information content (AvgIpc) is 3.06. The number of aryl methyl sites for hydroxylation is 2. The van der Waals surface area contributed by atoms with Gasteiger partial charge in [0, 0.05) is 11.4 Å². The molecule has 1 aromatic carbocycles. The van der Waals surface area contributed by atoms with E-state index in [0.29, 0.717) is 29.1 Å². The molecule has 0 fully saturated rings. The molecule has 29 heavy (non-hydrogen) atoms. The third-order valence-corrected chi connectivity index (χ3v) is 8.24. The molecular weight excluding hydrogens is 403 g/mol. The van der Waals surface area contributed by atoms with E-state index in [9.17, 15) is 9.18 Å². The molecule has 3 aromatic rings. The van der Waals surface area contributed by atoms with E-state index in [0.717, 1.165) is 41.5 Å². The molecule has 3 nitrogen and oxygen atoms in total. The van der Waals surface area contributed by atoms with Gasteiger partial charge in [0.05, 0.1) is 5.39 Å². The molecule has 1 aliphatic carbocycles. The van der Waals surface area contributed by atoms with Crippen molar-refractivity contribution in [2.45, 2.75) is 59.4 Å². The molecule has 4 rings (SSSR count). The Morgan fingerprint density at radius 2 is 2.03 bits per heavy atom. The van der Waals surface area contributed by atoms with Crippen LogP contribution in [0.3, 0.4) is 0 Å². The number of halogens is 1. The lowest BCUT2D eigenvalue weighted by atomic mass is 9.70. The number of hydrogen-bond donors (Lipinski definition) is 1. The van der Waals surface area contributed by atoms with E-state index in [1.807, 2.05) is 0 Å². The molecular formula is C23H27FN2OS2. The largest absolute Gasteiger partial charge is 0.323 e. The predicted octanol–water partition coefficient (Wildman–Crippen LogP) is 6.04. The number of aromatic nitrogens is 2. The van der Waals surface area contributed by atoms with Gasteiger partial charge in [-0.15, -0.1) is 11.3 Å². The van der Waals surface area contributed by atoms with Crippen molar-refractivity contribution in [1.29, 1.82) is 0 Å². The van der Waals surface area contributed by atoms with E-state index in [1.54, 1.807) is 28.0 Å². The van der Waals surface area contributed by atoms with Crippen LogP contribution in [-0.4, -0.2) is 9.55 Å². The van der Waals surface area contributed by atoms with E-state index in [2.05, 4.69) is 25.8 Å². The second-order valence-electron chi connectivity index (χ2n) is 8.75. The molecule has 1 atom stereocenters. The molecule has 1 aliphatic rings. The minimum Gasteiger partial charge on any atom is -0.323 e. The minimum atomic E-state index is -0.251. The Bertz CT molecular complexity index is 1150. The van der Waals surface area contributed by atoms with Crippen LogP contribution >= 0.6 is 23.6 Å². The number of nitrogens with zero attached hydrogens (tertiary/aromatic N) is 1. The number of rotatable bonds is 5. The van der Waals surface area contributed by atoms with Gasteiger partial charge in [-0.2, -0.15) is 0 Å². The number of nitrogens with one attached hydrogen (secondary N) is 1. The maximum absolute atomic E-state index is 13.3. The van der Waals surface area contributed by atoms with Crippen molar-refractivity contribution in [3.63, 3.8) is 0 Å². The molecule has 0 spiro atoms. The third-order valence-electron chi connectivity index (χ3n) is 6.74. The first-order valence-corrected chi connectivity index (χ1v) is 11.5. The Morgan fingerprint density at radius 3 is 2.72 bits per heavy atom. The Kier molecular flexibility index (Phi) is 5.51. The van der Waals surface area contributed by atoms with Crippen LogP contribution < -0.4 is 5.56 Å². The van der Waals surface area contributed by atoms with Crippen molar-refractivity contribution in [2.75, 3.05) is 0 Å². The smallest absolute Gasteiger partial charge is 0.263 e. The van der Waals surface area contributed by atoms with Gasteiger partial charge in [0.25, 0.3) is 5.56 Å². The molecule has 6 heteroatoms. The summed E-state index contributed by atoms with van der Waals surface area (Å²) in [7, 11) is 0. The van der Waals surface area contributed by atoms with Gasteiger partial charge >= 0.3 is 0 Å². The maximum atomic E-state index is 13.3. The molecule has 1 unspecified atom stereocenters. The van der Waals surface area contributed by atoms with Crippen LogP contribution in [0.4, 0.5) is 4.39 Å². The van der Waals surface area contributed by atoms with E-state index >= 15 is 0 Å².